The van der Waals surface area contributed by atoms with E-state index in [0.717, 1.165) is 16.7 Å². The third-order valence-corrected chi connectivity index (χ3v) is 2.18. The molecule has 2 nitrogen and oxygen atoms in total. The van der Waals surface area contributed by atoms with Crippen LogP contribution >= 0.6 is 0 Å². The summed E-state index contributed by atoms with van der Waals surface area (Å²) in [5.74, 6) is 0.296. The topological polar surface area (TPSA) is 40.5 Å². The number of phenols is 1. The van der Waals surface area contributed by atoms with Crippen molar-refractivity contribution >= 4 is 0 Å². The monoisotopic (exact) mass is 180 g/mol. The second kappa shape index (κ2) is 3.79. The molecule has 0 spiro atoms. The molecular formula is C11H16O2. The number of aliphatic hydroxyl groups excluding tert-OH is 1. The fourth-order valence-electron chi connectivity index (χ4n) is 1.59. The van der Waals surface area contributed by atoms with Crippen LogP contribution in [0.1, 0.15) is 23.6 Å². The molecule has 0 aromatic heterocycles. The van der Waals surface area contributed by atoms with Gasteiger partial charge in [-0.25, -0.2) is 0 Å². The van der Waals surface area contributed by atoms with E-state index in [0.29, 0.717) is 12.2 Å². The first kappa shape index (κ1) is 10.1. The second-order valence-electron chi connectivity index (χ2n) is 3.61. The quantitative estimate of drug-likeness (QED) is 0.730. The maximum absolute atomic E-state index is 9.29. The van der Waals surface area contributed by atoms with Gasteiger partial charge in [-0.1, -0.05) is 0 Å². The van der Waals surface area contributed by atoms with E-state index in [9.17, 15) is 10.2 Å². The molecule has 1 aromatic carbocycles. The minimum Gasteiger partial charge on any atom is -0.508 e. The molecule has 2 N–H and O–H groups in total. The molecule has 1 unspecified atom stereocenters. The summed E-state index contributed by atoms with van der Waals surface area (Å²) in [6, 6.07) is 3.45. The van der Waals surface area contributed by atoms with E-state index in [2.05, 4.69) is 0 Å². The zero-order chi connectivity index (χ0) is 10.0. The molecule has 13 heavy (non-hydrogen) atoms. The Bertz CT molecular complexity index is 280. The van der Waals surface area contributed by atoms with Crippen LogP contribution in [0, 0.1) is 13.8 Å². The lowest BCUT2D eigenvalue weighted by molar-refractivity contribution is 0.195. The molecule has 1 aromatic rings. The number of aromatic hydroxyl groups is 1. The Morgan fingerprint density at radius 1 is 1.23 bits per heavy atom. The molecule has 0 aliphatic heterocycles. The van der Waals surface area contributed by atoms with Crippen molar-refractivity contribution in [2.75, 3.05) is 0 Å². The van der Waals surface area contributed by atoms with Crippen LogP contribution < -0.4 is 0 Å². The Hall–Kier alpha value is -1.02. The molecule has 0 saturated heterocycles. The van der Waals surface area contributed by atoms with E-state index >= 15 is 0 Å². The van der Waals surface area contributed by atoms with Gasteiger partial charge in [0.2, 0.25) is 0 Å². The molecule has 0 saturated carbocycles. The number of aliphatic hydroxyl groups is 1. The summed E-state index contributed by atoms with van der Waals surface area (Å²) in [5.41, 5.74) is 3.21. The standard InChI is InChI=1S/C11H16O2/c1-7-4-10(13)5-8(2)11(7)6-9(3)12/h4-5,9,12-13H,6H2,1-3H3. The van der Waals surface area contributed by atoms with Gasteiger partial charge >= 0.3 is 0 Å². The van der Waals surface area contributed by atoms with Crippen molar-refractivity contribution in [3.05, 3.63) is 28.8 Å². The van der Waals surface area contributed by atoms with Crippen LogP contribution in [0.15, 0.2) is 12.1 Å². The summed E-state index contributed by atoms with van der Waals surface area (Å²) in [6.45, 7) is 5.67. The zero-order valence-electron chi connectivity index (χ0n) is 8.33. The SMILES string of the molecule is Cc1cc(O)cc(C)c1CC(C)O. The molecule has 1 atom stereocenters. The molecule has 0 heterocycles. The van der Waals surface area contributed by atoms with Crippen LogP contribution in [-0.2, 0) is 6.42 Å². The largest absolute Gasteiger partial charge is 0.508 e. The van der Waals surface area contributed by atoms with Gasteiger partial charge in [-0.3, -0.25) is 0 Å². The maximum Gasteiger partial charge on any atom is 0.116 e. The van der Waals surface area contributed by atoms with Crippen LogP contribution in [-0.4, -0.2) is 16.3 Å². The molecule has 0 amide bonds. The molecule has 0 aliphatic carbocycles. The van der Waals surface area contributed by atoms with Crippen LogP contribution in [0.5, 0.6) is 5.75 Å². The average molecular weight is 180 g/mol. The Kier molecular flexibility index (Phi) is 2.94. The first-order chi connectivity index (χ1) is 6.00. The third kappa shape index (κ3) is 2.46. The first-order valence-electron chi connectivity index (χ1n) is 4.48. The Labute approximate surface area is 78.8 Å². The number of hydrogen-bond donors (Lipinski definition) is 2. The van der Waals surface area contributed by atoms with E-state index in [4.69, 9.17) is 0 Å². The average Bonchev–Trinajstić information content (AvgIpc) is 1.96. The Morgan fingerprint density at radius 2 is 1.69 bits per heavy atom. The van der Waals surface area contributed by atoms with Crippen molar-refractivity contribution in [1.29, 1.82) is 0 Å². The van der Waals surface area contributed by atoms with Gasteiger partial charge in [0, 0.05) is 0 Å². The molecule has 0 fully saturated rings. The summed E-state index contributed by atoms with van der Waals surface area (Å²) >= 11 is 0. The second-order valence-corrected chi connectivity index (χ2v) is 3.61. The van der Waals surface area contributed by atoms with Crippen molar-refractivity contribution in [3.63, 3.8) is 0 Å². The smallest absolute Gasteiger partial charge is 0.116 e. The zero-order valence-corrected chi connectivity index (χ0v) is 8.33. The van der Waals surface area contributed by atoms with Gasteiger partial charge in [0.25, 0.3) is 0 Å². The van der Waals surface area contributed by atoms with Crippen molar-refractivity contribution < 1.29 is 10.2 Å². The van der Waals surface area contributed by atoms with E-state index in [-0.39, 0.29) is 6.10 Å². The van der Waals surface area contributed by atoms with Gasteiger partial charge in [0.15, 0.2) is 0 Å². The van der Waals surface area contributed by atoms with Gasteiger partial charge < -0.3 is 10.2 Å². The molecular weight excluding hydrogens is 164 g/mol. The predicted octanol–water partition coefficient (Wildman–Crippen LogP) is 1.93. The molecule has 1 rings (SSSR count). The van der Waals surface area contributed by atoms with Crippen LogP contribution in [0.4, 0.5) is 0 Å². The van der Waals surface area contributed by atoms with Crippen LogP contribution in [0.3, 0.4) is 0 Å². The molecule has 0 bridgehead atoms. The number of rotatable bonds is 2. The lowest BCUT2D eigenvalue weighted by Crippen LogP contribution is -2.07. The van der Waals surface area contributed by atoms with Crippen molar-refractivity contribution in [2.24, 2.45) is 0 Å². The predicted molar refractivity (Wildman–Crippen MR) is 53.0 cm³/mol. The highest BCUT2D eigenvalue weighted by molar-refractivity contribution is 5.40. The minimum absolute atomic E-state index is 0.296. The first-order valence-corrected chi connectivity index (χ1v) is 4.48. The normalized spacial score (nSPS) is 12.9. The summed E-state index contributed by atoms with van der Waals surface area (Å²) in [5, 5.41) is 18.6. The number of phenolic OH excluding ortho intramolecular Hbond substituents is 1. The number of hydrogen-bond acceptors (Lipinski definition) is 2. The number of benzene rings is 1. The van der Waals surface area contributed by atoms with Gasteiger partial charge in [-0.2, -0.15) is 0 Å². The molecule has 72 valence electrons. The Morgan fingerprint density at radius 3 is 2.08 bits per heavy atom. The van der Waals surface area contributed by atoms with Gasteiger partial charge in [-0.15, -0.1) is 0 Å². The minimum atomic E-state index is -0.332. The van der Waals surface area contributed by atoms with Crippen LogP contribution in [0.25, 0.3) is 0 Å². The molecule has 0 aliphatic rings. The van der Waals surface area contributed by atoms with Crippen molar-refractivity contribution in [3.8, 4) is 5.75 Å². The highest BCUT2D eigenvalue weighted by Gasteiger charge is 2.07. The summed E-state index contributed by atoms with van der Waals surface area (Å²) in [7, 11) is 0. The lowest BCUT2D eigenvalue weighted by atomic mass is 9.97. The lowest BCUT2D eigenvalue weighted by Gasteiger charge is -2.11. The van der Waals surface area contributed by atoms with Gasteiger partial charge in [-0.05, 0) is 56.0 Å². The number of aryl methyl sites for hydroxylation is 2. The Balaban J connectivity index is 3.06. The molecule has 0 radical (unpaired) electrons. The fourth-order valence-corrected chi connectivity index (χ4v) is 1.59. The summed E-state index contributed by atoms with van der Waals surface area (Å²) < 4.78 is 0. The highest BCUT2D eigenvalue weighted by atomic mass is 16.3. The summed E-state index contributed by atoms with van der Waals surface area (Å²) in [4.78, 5) is 0. The van der Waals surface area contributed by atoms with Crippen molar-refractivity contribution in [2.45, 2.75) is 33.3 Å². The maximum atomic E-state index is 9.29. The fraction of sp³-hybridized carbons (Fsp3) is 0.455. The van der Waals surface area contributed by atoms with E-state index in [1.807, 2.05) is 13.8 Å². The van der Waals surface area contributed by atoms with Gasteiger partial charge in [0.1, 0.15) is 5.75 Å². The highest BCUT2D eigenvalue weighted by Crippen LogP contribution is 2.21. The summed E-state index contributed by atoms with van der Waals surface area (Å²) in [6.07, 6.45) is 0.319. The van der Waals surface area contributed by atoms with E-state index < -0.39 is 0 Å². The van der Waals surface area contributed by atoms with Gasteiger partial charge in [0.05, 0.1) is 6.10 Å². The van der Waals surface area contributed by atoms with Crippen molar-refractivity contribution in [1.82, 2.24) is 0 Å². The molecule has 2 heteroatoms. The van der Waals surface area contributed by atoms with Crippen LogP contribution in [0.2, 0.25) is 0 Å². The van der Waals surface area contributed by atoms with E-state index in [1.54, 1.807) is 19.1 Å². The van der Waals surface area contributed by atoms with E-state index in [1.165, 1.54) is 0 Å². The third-order valence-electron chi connectivity index (χ3n) is 2.18.